The molecule has 0 aliphatic carbocycles. The predicted octanol–water partition coefficient (Wildman–Crippen LogP) is 4.79. The van der Waals surface area contributed by atoms with Crippen molar-refractivity contribution >= 4 is 17.2 Å². The highest BCUT2D eigenvalue weighted by Crippen LogP contribution is 2.18. The van der Waals surface area contributed by atoms with E-state index in [1.807, 2.05) is 54.6 Å². The highest BCUT2D eigenvalue weighted by molar-refractivity contribution is 5.82. The van der Waals surface area contributed by atoms with Gasteiger partial charge in [-0.3, -0.25) is 4.79 Å². The van der Waals surface area contributed by atoms with Gasteiger partial charge in [0.25, 0.3) is 0 Å². The van der Waals surface area contributed by atoms with Crippen molar-refractivity contribution in [2.24, 2.45) is 10.2 Å². The minimum absolute atomic E-state index is 0.165. The first-order valence-electron chi connectivity index (χ1n) is 6.46. The third kappa shape index (κ3) is 4.28. The number of hydrogen-bond acceptors (Lipinski definition) is 3. The lowest BCUT2D eigenvalue weighted by Gasteiger charge is -1.99. The van der Waals surface area contributed by atoms with Crippen LogP contribution in [0.4, 0.5) is 11.4 Å². The summed E-state index contributed by atoms with van der Waals surface area (Å²) in [6.07, 6.45) is 2.47. The SMILES string of the molecule is C=CCC(=O)Cc1ccc(N=Nc2ccccc2)cc1. The van der Waals surface area contributed by atoms with Gasteiger partial charge in [0.1, 0.15) is 5.78 Å². The van der Waals surface area contributed by atoms with Crippen LogP contribution in [-0.2, 0) is 11.2 Å². The molecule has 20 heavy (non-hydrogen) atoms. The Morgan fingerprint density at radius 2 is 1.55 bits per heavy atom. The molecular weight excluding hydrogens is 248 g/mol. The number of carbonyl (C=O) groups is 1. The second-order valence-corrected chi connectivity index (χ2v) is 4.41. The van der Waals surface area contributed by atoms with Crippen LogP contribution in [0.1, 0.15) is 12.0 Å². The zero-order valence-electron chi connectivity index (χ0n) is 11.2. The van der Waals surface area contributed by atoms with Gasteiger partial charge in [-0.25, -0.2) is 0 Å². The zero-order chi connectivity index (χ0) is 14.2. The van der Waals surface area contributed by atoms with Crippen molar-refractivity contribution in [2.75, 3.05) is 0 Å². The number of Topliss-reactive ketones (excluding diaryl/α,β-unsaturated/α-hetero) is 1. The van der Waals surface area contributed by atoms with E-state index >= 15 is 0 Å². The van der Waals surface area contributed by atoms with E-state index in [2.05, 4.69) is 16.8 Å². The van der Waals surface area contributed by atoms with E-state index in [-0.39, 0.29) is 5.78 Å². The number of rotatable bonds is 6. The molecule has 3 heteroatoms. The van der Waals surface area contributed by atoms with Crippen molar-refractivity contribution in [2.45, 2.75) is 12.8 Å². The maximum atomic E-state index is 11.5. The van der Waals surface area contributed by atoms with Crippen molar-refractivity contribution in [3.8, 4) is 0 Å². The smallest absolute Gasteiger partial charge is 0.140 e. The number of nitrogens with zero attached hydrogens (tertiary/aromatic N) is 2. The molecule has 2 aromatic rings. The first-order valence-corrected chi connectivity index (χ1v) is 6.46. The summed E-state index contributed by atoms with van der Waals surface area (Å²) in [6, 6.07) is 17.1. The van der Waals surface area contributed by atoms with Gasteiger partial charge in [0.2, 0.25) is 0 Å². The van der Waals surface area contributed by atoms with E-state index in [1.54, 1.807) is 6.08 Å². The Labute approximate surface area is 118 Å². The molecule has 0 unspecified atom stereocenters. The van der Waals surface area contributed by atoms with E-state index in [1.165, 1.54) is 0 Å². The van der Waals surface area contributed by atoms with Crippen molar-refractivity contribution in [3.05, 3.63) is 72.8 Å². The molecule has 0 fully saturated rings. The minimum atomic E-state index is 0.165. The summed E-state index contributed by atoms with van der Waals surface area (Å²) < 4.78 is 0. The van der Waals surface area contributed by atoms with E-state index in [4.69, 9.17) is 0 Å². The average Bonchev–Trinajstić information content (AvgIpc) is 2.48. The minimum Gasteiger partial charge on any atom is -0.299 e. The quantitative estimate of drug-likeness (QED) is 0.546. The second-order valence-electron chi connectivity index (χ2n) is 4.41. The van der Waals surface area contributed by atoms with E-state index in [0.29, 0.717) is 12.8 Å². The van der Waals surface area contributed by atoms with Crippen LogP contribution in [-0.4, -0.2) is 5.78 Å². The van der Waals surface area contributed by atoms with Crippen LogP contribution in [0.3, 0.4) is 0 Å². The highest BCUT2D eigenvalue weighted by atomic mass is 16.1. The van der Waals surface area contributed by atoms with E-state index in [0.717, 1.165) is 16.9 Å². The lowest BCUT2D eigenvalue weighted by Crippen LogP contribution is -2.00. The lowest BCUT2D eigenvalue weighted by molar-refractivity contribution is -0.117. The van der Waals surface area contributed by atoms with Crippen LogP contribution >= 0.6 is 0 Å². The van der Waals surface area contributed by atoms with Crippen LogP contribution in [0, 0.1) is 0 Å². The van der Waals surface area contributed by atoms with Crippen LogP contribution in [0.2, 0.25) is 0 Å². The van der Waals surface area contributed by atoms with Crippen molar-refractivity contribution < 1.29 is 4.79 Å². The fraction of sp³-hybridized carbons (Fsp3) is 0.118. The molecule has 0 bridgehead atoms. The monoisotopic (exact) mass is 264 g/mol. The Morgan fingerprint density at radius 3 is 2.15 bits per heavy atom. The van der Waals surface area contributed by atoms with Crippen molar-refractivity contribution in [1.29, 1.82) is 0 Å². The maximum Gasteiger partial charge on any atom is 0.140 e. The van der Waals surface area contributed by atoms with Gasteiger partial charge in [0.05, 0.1) is 11.4 Å². The van der Waals surface area contributed by atoms with Crippen LogP contribution in [0.25, 0.3) is 0 Å². The topological polar surface area (TPSA) is 41.8 Å². The highest BCUT2D eigenvalue weighted by Gasteiger charge is 2.01. The molecule has 0 amide bonds. The van der Waals surface area contributed by atoms with Crippen LogP contribution in [0.15, 0.2) is 77.5 Å². The van der Waals surface area contributed by atoms with Gasteiger partial charge in [0.15, 0.2) is 0 Å². The Kier molecular flexibility index (Phi) is 4.95. The van der Waals surface area contributed by atoms with Crippen LogP contribution < -0.4 is 0 Å². The molecule has 0 heterocycles. The van der Waals surface area contributed by atoms with E-state index in [9.17, 15) is 4.79 Å². The van der Waals surface area contributed by atoms with Gasteiger partial charge >= 0.3 is 0 Å². The molecule has 100 valence electrons. The fourth-order valence-electron chi connectivity index (χ4n) is 1.75. The summed E-state index contributed by atoms with van der Waals surface area (Å²) in [5.41, 5.74) is 2.57. The number of benzene rings is 2. The Morgan fingerprint density at radius 1 is 0.950 bits per heavy atom. The summed E-state index contributed by atoms with van der Waals surface area (Å²) >= 11 is 0. The van der Waals surface area contributed by atoms with Crippen molar-refractivity contribution in [3.63, 3.8) is 0 Å². The molecule has 0 radical (unpaired) electrons. The maximum absolute atomic E-state index is 11.5. The van der Waals surface area contributed by atoms with Gasteiger partial charge in [-0.1, -0.05) is 36.4 Å². The van der Waals surface area contributed by atoms with Crippen LogP contribution in [0.5, 0.6) is 0 Å². The first kappa shape index (κ1) is 13.9. The van der Waals surface area contributed by atoms with Gasteiger partial charge < -0.3 is 0 Å². The lowest BCUT2D eigenvalue weighted by atomic mass is 10.1. The Bertz CT molecular complexity index is 601. The molecule has 0 saturated carbocycles. The predicted molar refractivity (Wildman–Crippen MR) is 80.6 cm³/mol. The molecule has 0 N–H and O–H groups in total. The average molecular weight is 264 g/mol. The molecular formula is C17H16N2O. The first-order chi connectivity index (χ1) is 9.78. The fourth-order valence-corrected chi connectivity index (χ4v) is 1.75. The molecule has 0 atom stereocenters. The van der Waals surface area contributed by atoms with E-state index < -0.39 is 0 Å². The number of azo groups is 1. The number of allylic oxidation sites excluding steroid dienone is 1. The van der Waals surface area contributed by atoms with Gasteiger partial charge in [-0.05, 0) is 29.8 Å². The summed E-state index contributed by atoms with van der Waals surface area (Å²) in [4.78, 5) is 11.5. The second kappa shape index (κ2) is 7.14. The molecule has 2 rings (SSSR count). The molecule has 0 spiro atoms. The number of ketones is 1. The van der Waals surface area contributed by atoms with Crippen molar-refractivity contribution in [1.82, 2.24) is 0 Å². The van der Waals surface area contributed by atoms with Gasteiger partial charge in [-0.15, -0.1) is 6.58 Å². The summed E-state index contributed by atoms with van der Waals surface area (Å²) in [5, 5.41) is 8.30. The molecule has 0 aliphatic heterocycles. The normalized spacial score (nSPS) is 10.6. The zero-order valence-corrected chi connectivity index (χ0v) is 11.2. The molecule has 3 nitrogen and oxygen atoms in total. The largest absolute Gasteiger partial charge is 0.299 e. The Balaban J connectivity index is 2.00. The third-order valence-corrected chi connectivity index (χ3v) is 2.75. The summed E-state index contributed by atoms with van der Waals surface area (Å²) in [5.74, 6) is 0.165. The molecule has 0 saturated heterocycles. The van der Waals surface area contributed by atoms with Gasteiger partial charge in [-0.2, -0.15) is 10.2 Å². The summed E-state index contributed by atoms with van der Waals surface area (Å²) in [7, 11) is 0. The number of hydrogen-bond donors (Lipinski definition) is 0. The molecule has 2 aromatic carbocycles. The third-order valence-electron chi connectivity index (χ3n) is 2.75. The number of carbonyl (C=O) groups excluding carboxylic acids is 1. The molecule has 0 aliphatic rings. The molecule has 0 aromatic heterocycles. The Hall–Kier alpha value is -2.55. The van der Waals surface area contributed by atoms with Gasteiger partial charge in [0, 0.05) is 12.8 Å². The standard InChI is InChI=1S/C17H16N2O/c1-2-6-17(20)13-14-9-11-16(12-10-14)19-18-15-7-4-3-5-8-15/h2-5,7-12H,1,6,13H2. The summed E-state index contributed by atoms with van der Waals surface area (Å²) in [6.45, 7) is 3.56.